The predicted octanol–water partition coefficient (Wildman–Crippen LogP) is 3.75. The van der Waals surface area contributed by atoms with E-state index in [4.69, 9.17) is 4.74 Å². The summed E-state index contributed by atoms with van der Waals surface area (Å²) >= 11 is 0. The molecule has 6 heteroatoms. The molecule has 5 aliphatic rings. The molecule has 0 heterocycles. The maximum absolute atomic E-state index is 13.3. The molecule has 6 nitrogen and oxygen atoms in total. The number of ether oxygens (including phenoxy) is 1. The summed E-state index contributed by atoms with van der Waals surface area (Å²) in [5.74, 6) is -0.978. The summed E-state index contributed by atoms with van der Waals surface area (Å²) in [6.45, 7) is 3.55. The Morgan fingerprint density at radius 1 is 1.12 bits per heavy atom. The number of allylic oxidation sites excluding steroid dienone is 5. The first kappa shape index (κ1) is 23.7. The third-order valence-electron chi connectivity index (χ3n) is 9.76. The molecule has 0 bridgehead atoms. The number of fused-ring (bicyclic) bond motifs is 4. The number of aliphatic hydroxyl groups is 2. The Bertz CT molecular complexity index is 1010. The van der Waals surface area contributed by atoms with Gasteiger partial charge in [0.05, 0.1) is 12.0 Å². The maximum Gasteiger partial charge on any atom is 0.309 e. The third-order valence-corrected chi connectivity index (χ3v) is 9.76. The Balaban J connectivity index is 1.39. The lowest BCUT2D eigenvalue weighted by atomic mass is 9.53. The lowest BCUT2D eigenvalue weighted by Gasteiger charge is -2.53. The Morgan fingerprint density at radius 2 is 1.85 bits per heavy atom. The Kier molecular flexibility index (Phi) is 5.76. The first-order valence-corrected chi connectivity index (χ1v) is 12.9. The molecule has 34 heavy (non-hydrogen) atoms. The first-order valence-electron chi connectivity index (χ1n) is 12.9. The molecule has 0 unspecified atom stereocenters. The molecule has 0 radical (unpaired) electrons. The van der Waals surface area contributed by atoms with E-state index in [9.17, 15) is 24.6 Å². The SMILES string of the molecule is C[C@]12C=CC(=O)C=C1CCC1=C2[C@@H](O)C[C@@]2(C)[C@H]1CC[C@]2(O)C(=O)COC(=O)C1CCCCC1. The molecule has 184 valence electrons. The first-order chi connectivity index (χ1) is 16.1. The molecule has 0 aromatic rings. The monoisotopic (exact) mass is 468 g/mol. The normalized spacial score (nSPS) is 39.8. The van der Waals surface area contributed by atoms with Gasteiger partial charge in [-0.3, -0.25) is 14.4 Å². The number of carbonyl (C=O) groups is 3. The highest BCUT2D eigenvalue weighted by atomic mass is 16.5. The van der Waals surface area contributed by atoms with Crippen LogP contribution in [0.1, 0.15) is 78.1 Å². The average Bonchev–Trinajstić information content (AvgIpc) is 3.09. The van der Waals surface area contributed by atoms with Crippen molar-refractivity contribution in [1.29, 1.82) is 0 Å². The summed E-state index contributed by atoms with van der Waals surface area (Å²) in [6, 6.07) is 0. The Morgan fingerprint density at radius 3 is 2.59 bits per heavy atom. The number of aliphatic hydroxyl groups excluding tert-OH is 1. The molecular weight excluding hydrogens is 432 g/mol. The van der Waals surface area contributed by atoms with Crippen molar-refractivity contribution in [3.05, 3.63) is 34.9 Å². The molecule has 0 saturated heterocycles. The largest absolute Gasteiger partial charge is 0.457 e. The topological polar surface area (TPSA) is 101 Å². The fourth-order valence-corrected chi connectivity index (χ4v) is 7.77. The van der Waals surface area contributed by atoms with Gasteiger partial charge in [-0.05, 0) is 75.5 Å². The molecule has 0 aliphatic heterocycles. The van der Waals surface area contributed by atoms with Gasteiger partial charge in [0.15, 0.2) is 12.4 Å². The third kappa shape index (κ3) is 3.40. The summed E-state index contributed by atoms with van der Waals surface area (Å²) in [7, 11) is 0. The molecule has 2 saturated carbocycles. The fraction of sp³-hybridized carbons (Fsp3) is 0.679. The fourth-order valence-electron chi connectivity index (χ4n) is 7.77. The van der Waals surface area contributed by atoms with Crippen molar-refractivity contribution in [2.45, 2.75) is 89.8 Å². The molecular formula is C28H36O6. The van der Waals surface area contributed by atoms with Crippen LogP contribution in [-0.4, -0.2) is 46.1 Å². The van der Waals surface area contributed by atoms with Crippen molar-refractivity contribution < 1.29 is 29.3 Å². The smallest absolute Gasteiger partial charge is 0.309 e. The Hall–Kier alpha value is -2.05. The molecule has 0 spiro atoms. The average molecular weight is 469 g/mol. The predicted molar refractivity (Wildman–Crippen MR) is 126 cm³/mol. The number of esters is 1. The lowest BCUT2D eigenvalue weighted by molar-refractivity contribution is -0.166. The summed E-state index contributed by atoms with van der Waals surface area (Å²) < 4.78 is 5.40. The van der Waals surface area contributed by atoms with E-state index >= 15 is 0 Å². The van der Waals surface area contributed by atoms with Gasteiger partial charge in [0.25, 0.3) is 0 Å². The number of carbonyl (C=O) groups excluding carboxylic acids is 3. The minimum Gasteiger partial charge on any atom is -0.457 e. The van der Waals surface area contributed by atoms with E-state index in [0.717, 1.165) is 61.7 Å². The van der Waals surface area contributed by atoms with E-state index in [2.05, 4.69) is 6.92 Å². The Labute approximate surface area is 201 Å². The van der Waals surface area contributed by atoms with Crippen molar-refractivity contribution in [2.24, 2.45) is 22.7 Å². The minimum atomic E-state index is -1.64. The second kappa shape index (κ2) is 8.27. The number of Topliss-reactive ketones (excluding diaryl/α,β-unsaturated/α-hetero) is 1. The second-order valence-corrected chi connectivity index (χ2v) is 11.5. The number of hydrogen-bond acceptors (Lipinski definition) is 6. The molecule has 0 aromatic carbocycles. The lowest BCUT2D eigenvalue weighted by Crippen LogP contribution is -2.57. The van der Waals surface area contributed by atoms with Gasteiger partial charge in [0.2, 0.25) is 5.78 Å². The zero-order valence-corrected chi connectivity index (χ0v) is 20.3. The van der Waals surface area contributed by atoms with E-state index in [0.29, 0.717) is 12.8 Å². The summed E-state index contributed by atoms with van der Waals surface area (Å²) in [5, 5.41) is 23.1. The van der Waals surface area contributed by atoms with Crippen molar-refractivity contribution in [1.82, 2.24) is 0 Å². The van der Waals surface area contributed by atoms with Crippen LogP contribution in [-0.2, 0) is 19.1 Å². The highest BCUT2D eigenvalue weighted by molar-refractivity contribution is 6.01. The van der Waals surface area contributed by atoms with Gasteiger partial charge in [-0.15, -0.1) is 0 Å². The van der Waals surface area contributed by atoms with Crippen LogP contribution in [0.4, 0.5) is 0 Å². The maximum atomic E-state index is 13.3. The van der Waals surface area contributed by atoms with Gasteiger partial charge >= 0.3 is 5.97 Å². The van der Waals surface area contributed by atoms with Gasteiger partial charge in [-0.25, -0.2) is 0 Å². The van der Waals surface area contributed by atoms with E-state index in [-0.39, 0.29) is 30.0 Å². The van der Waals surface area contributed by atoms with Crippen molar-refractivity contribution in [3.63, 3.8) is 0 Å². The standard InChI is InChI=1S/C28H36O6/c1-26-12-10-19(29)14-18(26)8-9-20-21-11-13-28(33,27(21,2)15-22(30)24(20)26)23(31)16-34-25(32)17-6-4-3-5-7-17/h10,12,14,17,21-22,30,33H,3-9,11,13,15-16H2,1-2H3/t21-,22-,26-,27-,28-/m0/s1. The molecule has 5 atom stereocenters. The molecule has 0 aromatic heterocycles. The van der Waals surface area contributed by atoms with Crippen LogP contribution in [0, 0.1) is 22.7 Å². The zero-order chi connectivity index (χ0) is 24.3. The van der Waals surface area contributed by atoms with Crippen LogP contribution in [0.3, 0.4) is 0 Å². The summed E-state index contributed by atoms with van der Waals surface area (Å²) in [4.78, 5) is 37.8. The van der Waals surface area contributed by atoms with Crippen molar-refractivity contribution in [3.8, 4) is 0 Å². The quantitative estimate of drug-likeness (QED) is 0.481. The van der Waals surface area contributed by atoms with E-state index < -0.39 is 34.9 Å². The highest BCUT2D eigenvalue weighted by Crippen LogP contribution is 2.64. The van der Waals surface area contributed by atoms with Gasteiger partial charge in [0, 0.05) is 10.8 Å². The van der Waals surface area contributed by atoms with Crippen LogP contribution in [0.15, 0.2) is 34.9 Å². The zero-order valence-electron chi connectivity index (χ0n) is 20.3. The van der Waals surface area contributed by atoms with Crippen molar-refractivity contribution in [2.75, 3.05) is 6.61 Å². The van der Waals surface area contributed by atoms with E-state index in [1.165, 1.54) is 0 Å². The van der Waals surface area contributed by atoms with Crippen LogP contribution in [0.25, 0.3) is 0 Å². The minimum absolute atomic E-state index is 0.0183. The summed E-state index contributed by atoms with van der Waals surface area (Å²) in [5.41, 5.74) is 0.132. The molecule has 2 fully saturated rings. The number of ketones is 2. The van der Waals surface area contributed by atoms with E-state index in [1.807, 2.05) is 13.0 Å². The number of hydrogen-bond donors (Lipinski definition) is 2. The molecule has 5 aliphatic carbocycles. The summed E-state index contributed by atoms with van der Waals surface area (Å²) in [6.07, 6.45) is 11.8. The van der Waals surface area contributed by atoms with Crippen LogP contribution < -0.4 is 0 Å². The van der Waals surface area contributed by atoms with E-state index in [1.54, 1.807) is 12.2 Å². The van der Waals surface area contributed by atoms with Crippen molar-refractivity contribution >= 4 is 17.5 Å². The van der Waals surface area contributed by atoms with Gasteiger partial charge in [-0.1, -0.05) is 43.4 Å². The highest BCUT2D eigenvalue weighted by Gasteiger charge is 2.65. The molecule has 0 amide bonds. The van der Waals surface area contributed by atoms with Gasteiger partial charge < -0.3 is 14.9 Å². The van der Waals surface area contributed by atoms with Gasteiger partial charge in [0.1, 0.15) is 5.60 Å². The molecule has 2 N–H and O–H groups in total. The van der Waals surface area contributed by atoms with Crippen LogP contribution >= 0.6 is 0 Å². The number of rotatable bonds is 4. The second-order valence-electron chi connectivity index (χ2n) is 11.5. The molecule has 5 rings (SSSR count). The van der Waals surface area contributed by atoms with Gasteiger partial charge in [-0.2, -0.15) is 0 Å². The van der Waals surface area contributed by atoms with Crippen LogP contribution in [0.5, 0.6) is 0 Å². The van der Waals surface area contributed by atoms with Crippen LogP contribution in [0.2, 0.25) is 0 Å².